The van der Waals surface area contributed by atoms with E-state index in [1.165, 1.54) is 0 Å². The molecule has 0 radical (unpaired) electrons. The van der Waals surface area contributed by atoms with Crippen LogP contribution < -0.4 is 10.6 Å². The van der Waals surface area contributed by atoms with Crippen molar-refractivity contribution < 1.29 is 4.74 Å². The molecule has 3 aromatic rings. The molecule has 2 fully saturated rings. The van der Waals surface area contributed by atoms with Gasteiger partial charge in [-0.1, -0.05) is 0 Å². The minimum absolute atomic E-state index is 0.209. The standard InChI is InChI=1S/C24H25N7OS/c25-22(16-5-7-17(8-6-16)28-24(33)29-18-3-1-11-26-13-18)30-23(21-4-2-12-27-21)31-14-19-9-10-20(15-31)32-19/h1-8,11-13,19-20,25,27H,9-10,14-15H2,(H2,28,29,33)/t19-,20+. The van der Waals surface area contributed by atoms with Crippen molar-refractivity contribution in [3.05, 3.63) is 78.4 Å². The monoisotopic (exact) mass is 459 g/mol. The fourth-order valence-corrected chi connectivity index (χ4v) is 4.41. The summed E-state index contributed by atoms with van der Waals surface area (Å²) in [7, 11) is 0. The Kier molecular flexibility index (Phi) is 6.14. The molecular weight excluding hydrogens is 434 g/mol. The zero-order chi connectivity index (χ0) is 22.6. The van der Waals surface area contributed by atoms with Crippen molar-refractivity contribution in [1.29, 1.82) is 5.41 Å². The maximum Gasteiger partial charge on any atom is 0.175 e. The van der Waals surface area contributed by atoms with Gasteiger partial charge in [0.15, 0.2) is 16.8 Å². The summed E-state index contributed by atoms with van der Waals surface area (Å²) < 4.78 is 5.98. The van der Waals surface area contributed by atoms with E-state index in [4.69, 9.17) is 27.4 Å². The first-order valence-corrected chi connectivity index (χ1v) is 11.3. The van der Waals surface area contributed by atoms with Gasteiger partial charge in [0.2, 0.25) is 0 Å². The third-order valence-electron chi connectivity index (χ3n) is 5.74. The number of ether oxygens (including phenoxy) is 1. The van der Waals surface area contributed by atoms with Crippen molar-refractivity contribution in [3.63, 3.8) is 0 Å². The number of benzene rings is 1. The first-order chi connectivity index (χ1) is 16.1. The van der Waals surface area contributed by atoms with Crippen LogP contribution in [-0.4, -0.2) is 56.9 Å². The van der Waals surface area contributed by atoms with E-state index in [0.29, 0.717) is 5.11 Å². The number of fused-ring (bicyclic) bond motifs is 2. The number of aromatic nitrogens is 2. The molecule has 2 saturated heterocycles. The van der Waals surface area contributed by atoms with E-state index in [0.717, 1.165) is 54.4 Å². The van der Waals surface area contributed by atoms with Crippen LogP contribution in [-0.2, 0) is 4.74 Å². The van der Waals surface area contributed by atoms with Crippen LogP contribution in [0, 0.1) is 5.41 Å². The number of likely N-dealkylation sites (tertiary alicyclic amines) is 1. The molecule has 33 heavy (non-hydrogen) atoms. The zero-order valence-corrected chi connectivity index (χ0v) is 18.8. The highest BCUT2D eigenvalue weighted by Gasteiger charge is 2.35. The molecule has 8 nitrogen and oxygen atoms in total. The molecule has 1 aromatic carbocycles. The van der Waals surface area contributed by atoms with Crippen molar-refractivity contribution in [3.8, 4) is 0 Å². The molecule has 4 N–H and O–H groups in total. The Labute approximate surface area is 197 Å². The Hall–Kier alpha value is -3.56. The number of morpholine rings is 1. The van der Waals surface area contributed by atoms with Gasteiger partial charge >= 0.3 is 0 Å². The summed E-state index contributed by atoms with van der Waals surface area (Å²) >= 11 is 5.37. The molecule has 0 aliphatic carbocycles. The smallest absolute Gasteiger partial charge is 0.175 e. The van der Waals surface area contributed by atoms with Crippen LogP contribution >= 0.6 is 12.2 Å². The molecule has 2 atom stereocenters. The number of aliphatic imine (C=N–C) groups is 1. The first-order valence-electron chi connectivity index (χ1n) is 10.9. The lowest BCUT2D eigenvalue weighted by atomic mass is 10.2. The van der Waals surface area contributed by atoms with Crippen LogP contribution in [0.15, 0.2) is 72.1 Å². The van der Waals surface area contributed by atoms with Gasteiger partial charge in [0.25, 0.3) is 0 Å². The van der Waals surface area contributed by atoms with E-state index in [2.05, 4.69) is 25.5 Å². The Bertz CT molecular complexity index is 1130. The summed E-state index contributed by atoms with van der Waals surface area (Å²) in [6.07, 6.45) is 7.96. The molecule has 0 spiro atoms. The van der Waals surface area contributed by atoms with E-state index < -0.39 is 0 Å². The molecule has 168 valence electrons. The summed E-state index contributed by atoms with van der Waals surface area (Å²) in [5.74, 6) is 0.996. The van der Waals surface area contributed by atoms with Gasteiger partial charge in [0.05, 0.1) is 29.8 Å². The van der Waals surface area contributed by atoms with E-state index in [9.17, 15) is 0 Å². The van der Waals surface area contributed by atoms with Crippen molar-refractivity contribution in [2.45, 2.75) is 25.0 Å². The number of nitrogens with zero attached hydrogens (tertiary/aromatic N) is 3. The molecule has 0 saturated carbocycles. The summed E-state index contributed by atoms with van der Waals surface area (Å²) in [6.45, 7) is 1.59. The summed E-state index contributed by atoms with van der Waals surface area (Å²) in [6, 6.07) is 15.2. The third kappa shape index (κ3) is 5.10. The average Bonchev–Trinajstić information content (AvgIpc) is 3.48. The van der Waals surface area contributed by atoms with Gasteiger partial charge in [-0.3, -0.25) is 10.4 Å². The summed E-state index contributed by atoms with van der Waals surface area (Å²) in [5, 5.41) is 15.3. The Balaban J connectivity index is 1.29. The minimum atomic E-state index is 0.209. The molecule has 2 aliphatic rings. The van der Waals surface area contributed by atoms with Crippen LogP contribution in [0.3, 0.4) is 0 Å². The number of hydrogen-bond acceptors (Lipinski definition) is 4. The maximum atomic E-state index is 8.63. The minimum Gasteiger partial charge on any atom is -0.371 e. The van der Waals surface area contributed by atoms with E-state index in [1.54, 1.807) is 12.4 Å². The van der Waals surface area contributed by atoms with Crippen LogP contribution in [0.2, 0.25) is 0 Å². The SMILES string of the molecule is N=C(N=C(c1ccc[nH]1)N1C[C@H]2CC[C@@H](C1)O2)c1ccc(NC(=S)Nc2cccnc2)cc1. The van der Waals surface area contributed by atoms with E-state index >= 15 is 0 Å². The van der Waals surface area contributed by atoms with Crippen molar-refractivity contribution in [2.24, 2.45) is 4.99 Å². The van der Waals surface area contributed by atoms with Gasteiger partial charge in [-0.05, 0) is 73.6 Å². The van der Waals surface area contributed by atoms with Crippen LogP contribution in [0.25, 0.3) is 0 Å². The molecular formula is C24H25N7OS. The summed E-state index contributed by atoms with van der Waals surface area (Å²) in [5.41, 5.74) is 3.28. The molecule has 2 aliphatic heterocycles. The predicted octanol–water partition coefficient (Wildman–Crippen LogP) is 3.85. The first kappa shape index (κ1) is 21.3. The zero-order valence-electron chi connectivity index (χ0n) is 18.0. The molecule has 0 amide bonds. The van der Waals surface area contributed by atoms with Gasteiger partial charge in [0.1, 0.15) is 0 Å². The topological polar surface area (TPSA) is 101 Å². The number of amidine groups is 2. The van der Waals surface area contributed by atoms with Crippen molar-refractivity contribution in [1.82, 2.24) is 14.9 Å². The largest absolute Gasteiger partial charge is 0.371 e. The fraction of sp³-hybridized carbons (Fsp3) is 0.250. The fourth-order valence-electron chi connectivity index (χ4n) is 4.17. The van der Waals surface area contributed by atoms with Gasteiger partial charge in [-0.15, -0.1) is 0 Å². The second-order valence-electron chi connectivity index (χ2n) is 8.13. The van der Waals surface area contributed by atoms with Crippen molar-refractivity contribution >= 4 is 40.4 Å². The normalized spacial score (nSPS) is 19.9. The Morgan fingerprint density at radius 2 is 1.82 bits per heavy atom. The second-order valence-corrected chi connectivity index (χ2v) is 8.54. The van der Waals surface area contributed by atoms with Gasteiger partial charge in [0, 0.05) is 36.7 Å². The van der Waals surface area contributed by atoms with E-state index in [1.807, 2.05) is 54.7 Å². The lowest BCUT2D eigenvalue weighted by Gasteiger charge is -2.34. The highest BCUT2D eigenvalue weighted by molar-refractivity contribution is 7.80. The number of rotatable bonds is 4. The lowest BCUT2D eigenvalue weighted by molar-refractivity contribution is -0.0155. The molecule has 5 rings (SSSR count). The van der Waals surface area contributed by atoms with Crippen molar-refractivity contribution in [2.75, 3.05) is 23.7 Å². The molecule has 4 heterocycles. The Morgan fingerprint density at radius 3 is 2.48 bits per heavy atom. The number of H-pyrrole nitrogens is 1. The second kappa shape index (κ2) is 9.51. The molecule has 9 heteroatoms. The van der Waals surface area contributed by atoms with Crippen LogP contribution in [0.1, 0.15) is 24.1 Å². The van der Waals surface area contributed by atoms with Crippen LogP contribution in [0.5, 0.6) is 0 Å². The number of pyridine rings is 1. The number of hydrogen-bond donors (Lipinski definition) is 4. The van der Waals surface area contributed by atoms with Gasteiger partial charge < -0.3 is 25.3 Å². The van der Waals surface area contributed by atoms with Gasteiger partial charge in [-0.25, -0.2) is 4.99 Å². The number of thiocarbonyl (C=S) groups is 1. The molecule has 0 unspecified atom stereocenters. The Morgan fingerprint density at radius 1 is 1.06 bits per heavy atom. The highest BCUT2D eigenvalue weighted by Crippen LogP contribution is 2.27. The highest BCUT2D eigenvalue weighted by atomic mass is 32.1. The summed E-state index contributed by atoms with van der Waals surface area (Å²) in [4.78, 5) is 14.3. The third-order valence-corrected chi connectivity index (χ3v) is 5.94. The number of aromatic amines is 1. The van der Waals surface area contributed by atoms with Gasteiger partial charge in [-0.2, -0.15) is 0 Å². The molecule has 2 aromatic heterocycles. The number of anilines is 2. The number of nitrogens with one attached hydrogen (secondary N) is 4. The average molecular weight is 460 g/mol. The van der Waals surface area contributed by atoms with E-state index in [-0.39, 0.29) is 18.0 Å². The predicted molar refractivity (Wildman–Crippen MR) is 134 cm³/mol. The quantitative estimate of drug-likeness (QED) is 0.269. The molecule has 2 bridgehead atoms. The lowest BCUT2D eigenvalue weighted by Crippen LogP contribution is -2.46. The maximum absolute atomic E-state index is 8.63. The van der Waals surface area contributed by atoms with Crippen LogP contribution in [0.4, 0.5) is 11.4 Å².